The van der Waals surface area contributed by atoms with E-state index in [1.54, 1.807) is 11.9 Å². The van der Waals surface area contributed by atoms with E-state index in [0.29, 0.717) is 5.92 Å². The molecule has 0 aromatic carbocycles. The van der Waals surface area contributed by atoms with E-state index in [9.17, 15) is 0 Å². The summed E-state index contributed by atoms with van der Waals surface area (Å²) in [4.78, 5) is 5.10. The third-order valence-corrected chi connectivity index (χ3v) is 2.48. The molecule has 0 fully saturated rings. The highest BCUT2D eigenvalue weighted by Crippen LogP contribution is 2.24. The molecular formula is C6H8N2OS. The van der Waals surface area contributed by atoms with Gasteiger partial charge in [0, 0.05) is 30.5 Å². The third kappa shape index (κ3) is 1.03. The second-order valence-electron chi connectivity index (χ2n) is 2.38. The molecule has 10 heavy (non-hydrogen) atoms. The van der Waals surface area contributed by atoms with Gasteiger partial charge in [-0.1, -0.05) is 5.16 Å². The van der Waals surface area contributed by atoms with Crippen LogP contribution in [0.4, 0.5) is 0 Å². The molecule has 0 aromatic heterocycles. The van der Waals surface area contributed by atoms with Crippen LogP contribution in [0.25, 0.3) is 0 Å². The highest BCUT2D eigenvalue weighted by Gasteiger charge is 2.26. The first-order valence-corrected chi connectivity index (χ1v) is 4.24. The van der Waals surface area contributed by atoms with Crippen LogP contribution in [-0.4, -0.2) is 24.3 Å². The number of rotatable bonds is 1. The maximum Gasteiger partial charge on any atom is 0.141 e. The topological polar surface area (TPSA) is 34.0 Å². The molecule has 0 N–H and O–H groups in total. The first kappa shape index (κ1) is 6.22. The molecule has 0 radical (unpaired) electrons. The molecule has 0 aromatic rings. The monoisotopic (exact) mass is 156 g/mol. The van der Waals surface area contributed by atoms with E-state index in [-0.39, 0.29) is 6.10 Å². The van der Waals surface area contributed by atoms with Crippen molar-refractivity contribution in [1.29, 1.82) is 0 Å². The first-order chi connectivity index (χ1) is 4.97. The van der Waals surface area contributed by atoms with E-state index in [1.165, 1.54) is 0 Å². The lowest BCUT2D eigenvalue weighted by atomic mass is 10.0. The Kier molecular flexibility index (Phi) is 1.63. The molecule has 2 atom stereocenters. The maximum absolute atomic E-state index is 5.10. The van der Waals surface area contributed by atoms with Crippen molar-refractivity contribution >= 4 is 24.4 Å². The Bertz CT molecular complexity index is 173. The van der Waals surface area contributed by atoms with Gasteiger partial charge in [0.1, 0.15) is 6.10 Å². The van der Waals surface area contributed by atoms with Crippen molar-refractivity contribution in [3.63, 3.8) is 0 Å². The molecule has 2 aliphatic heterocycles. The summed E-state index contributed by atoms with van der Waals surface area (Å²) in [6.07, 6.45) is 4.99. The first-order valence-electron chi connectivity index (χ1n) is 3.30. The van der Waals surface area contributed by atoms with Gasteiger partial charge in [0.15, 0.2) is 0 Å². The Morgan fingerprint density at radius 2 is 2.60 bits per heavy atom. The van der Waals surface area contributed by atoms with Gasteiger partial charge in [-0.3, -0.25) is 0 Å². The van der Waals surface area contributed by atoms with Crippen molar-refractivity contribution in [3.8, 4) is 0 Å². The summed E-state index contributed by atoms with van der Waals surface area (Å²) < 4.78 is 4.07. The van der Waals surface area contributed by atoms with Gasteiger partial charge in [0.25, 0.3) is 0 Å². The molecule has 4 heteroatoms. The Morgan fingerprint density at radius 1 is 1.60 bits per heavy atom. The van der Waals surface area contributed by atoms with E-state index in [0.717, 1.165) is 12.2 Å². The van der Waals surface area contributed by atoms with Crippen LogP contribution in [0.1, 0.15) is 6.42 Å². The largest absolute Gasteiger partial charge is 0.392 e. The fourth-order valence-electron chi connectivity index (χ4n) is 1.06. The van der Waals surface area contributed by atoms with Gasteiger partial charge in [-0.15, -0.1) is 0 Å². The summed E-state index contributed by atoms with van der Waals surface area (Å²) in [5, 5.41) is 3.71. The molecule has 0 aliphatic carbocycles. The van der Waals surface area contributed by atoms with Gasteiger partial charge in [-0.05, 0) is 11.9 Å². The molecule has 2 heterocycles. The second kappa shape index (κ2) is 2.62. The van der Waals surface area contributed by atoms with Crippen molar-refractivity contribution in [2.24, 2.45) is 15.5 Å². The number of hydrogen-bond acceptors (Lipinski definition) is 4. The second-order valence-corrected chi connectivity index (χ2v) is 3.18. The highest BCUT2D eigenvalue weighted by atomic mass is 32.2. The molecule has 54 valence electrons. The molecule has 2 aliphatic rings. The minimum Gasteiger partial charge on any atom is -0.392 e. The van der Waals surface area contributed by atoms with Gasteiger partial charge in [0.05, 0.1) is 0 Å². The van der Waals surface area contributed by atoms with Crippen LogP contribution in [0.15, 0.2) is 9.55 Å². The minimum absolute atomic E-state index is 0.263. The molecule has 2 unspecified atom stereocenters. The summed E-state index contributed by atoms with van der Waals surface area (Å²) in [5.74, 6) is 1.53. The number of hydrogen-bond donors (Lipinski definition) is 0. The van der Waals surface area contributed by atoms with Gasteiger partial charge in [-0.2, -0.15) is 0 Å². The van der Waals surface area contributed by atoms with Crippen LogP contribution in [0.3, 0.4) is 0 Å². The predicted molar refractivity (Wildman–Crippen MR) is 42.4 cm³/mol. The number of oxime groups is 1. The lowest BCUT2D eigenvalue weighted by molar-refractivity contribution is 0.0685. The van der Waals surface area contributed by atoms with Gasteiger partial charge >= 0.3 is 0 Å². The average Bonchev–Trinajstić information content (AvgIpc) is 2.59. The molecule has 0 spiro atoms. The minimum atomic E-state index is 0.263. The summed E-state index contributed by atoms with van der Waals surface area (Å²) in [6, 6.07) is 0. The Morgan fingerprint density at radius 3 is 3.20 bits per heavy atom. The van der Waals surface area contributed by atoms with Crippen LogP contribution in [0.5, 0.6) is 0 Å². The van der Waals surface area contributed by atoms with Gasteiger partial charge in [-0.25, -0.2) is 4.40 Å². The predicted octanol–water partition coefficient (Wildman–Crippen LogP) is 1.11. The standard InChI is InChI=1S/C6H8N2OS/c1-2-7-9-6(1)5-3-8-10-4-5/h2-3,5-6H,1,4H2. The lowest BCUT2D eigenvalue weighted by Gasteiger charge is -2.10. The van der Waals surface area contributed by atoms with E-state index in [4.69, 9.17) is 4.84 Å². The van der Waals surface area contributed by atoms with Crippen molar-refractivity contribution in [3.05, 3.63) is 0 Å². The fraction of sp³-hybridized carbons (Fsp3) is 0.667. The van der Waals surface area contributed by atoms with Crippen LogP contribution in [0, 0.1) is 5.92 Å². The fourth-order valence-corrected chi connectivity index (χ4v) is 1.86. The summed E-state index contributed by atoms with van der Waals surface area (Å²) in [7, 11) is 0. The Hall–Kier alpha value is -0.510. The van der Waals surface area contributed by atoms with E-state index < -0.39 is 0 Å². The van der Waals surface area contributed by atoms with E-state index in [2.05, 4.69) is 9.55 Å². The van der Waals surface area contributed by atoms with E-state index in [1.807, 2.05) is 12.4 Å². The molecule has 0 saturated carbocycles. The molecule has 0 bridgehead atoms. The zero-order valence-corrected chi connectivity index (χ0v) is 6.25. The molecule has 0 saturated heterocycles. The highest BCUT2D eigenvalue weighted by molar-refractivity contribution is 7.98. The SMILES string of the molecule is C1=NOC(C2C=NSC2)C1. The molecule has 3 nitrogen and oxygen atoms in total. The average molecular weight is 156 g/mol. The van der Waals surface area contributed by atoms with E-state index >= 15 is 0 Å². The van der Waals surface area contributed by atoms with Crippen molar-refractivity contribution in [2.45, 2.75) is 12.5 Å². The zero-order valence-electron chi connectivity index (χ0n) is 5.43. The molecule has 0 amide bonds. The quantitative estimate of drug-likeness (QED) is 0.533. The van der Waals surface area contributed by atoms with Gasteiger partial charge < -0.3 is 4.84 Å². The zero-order chi connectivity index (χ0) is 6.81. The third-order valence-electron chi connectivity index (χ3n) is 1.68. The summed E-state index contributed by atoms with van der Waals surface area (Å²) >= 11 is 1.60. The summed E-state index contributed by atoms with van der Waals surface area (Å²) in [5.41, 5.74) is 0. The Balaban J connectivity index is 1.93. The summed E-state index contributed by atoms with van der Waals surface area (Å²) in [6.45, 7) is 0. The van der Waals surface area contributed by atoms with Crippen LogP contribution in [-0.2, 0) is 4.84 Å². The maximum atomic E-state index is 5.10. The number of nitrogens with zero attached hydrogens (tertiary/aromatic N) is 2. The van der Waals surface area contributed by atoms with Crippen molar-refractivity contribution in [1.82, 2.24) is 0 Å². The molecular weight excluding hydrogens is 148 g/mol. The van der Waals surface area contributed by atoms with Gasteiger partial charge in [0.2, 0.25) is 0 Å². The van der Waals surface area contributed by atoms with Crippen molar-refractivity contribution in [2.75, 3.05) is 5.75 Å². The smallest absolute Gasteiger partial charge is 0.141 e. The van der Waals surface area contributed by atoms with Crippen LogP contribution < -0.4 is 0 Å². The van der Waals surface area contributed by atoms with Crippen LogP contribution in [0.2, 0.25) is 0 Å². The normalized spacial score (nSPS) is 36.8. The molecule has 2 rings (SSSR count). The lowest BCUT2D eigenvalue weighted by Crippen LogP contribution is -2.20. The Labute approximate surface area is 63.7 Å². The van der Waals surface area contributed by atoms with Crippen LogP contribution >= 0.6 is 11.9 Å². The van der Waals surface area contributed by atoms with Crippen molar-refractivity contribution < 1.29 is 4.84 Å².